The molecule has 1 saturated heterocycles. The molecule has 0 radical (unpaired) electrons. The summed E-state index contributed by atoms with van der Waals surface area (Å²) in [5, 5.41) is 2.70. The Labute approximate surface area is 116 Å². The molecule has 1 rings (SSSR count). The molecule has 0 spiro atoms. The molecule has 0 saturated carbocycles. The number of halogens is 3. The largest absolute Gasteiger partial charge is 0.390 e. The molecule has 0 aromatic carbocycles. The zero-order valence-electron chi connectivity index (χ0n) is 12.0. The third-order valence-electron chi connectivity index (χ3n) is 3.94. The second kappa shape index (κ2) is 6.01. The molecule has 1 aliphatic heterocycles. The van der Waals surface area contributed by atoms with Crippen LogP contribution in [0.3, 0.4) is 0 Å². The second-order valence-electron chi connectivity index (χ2n) is 5.07. The zero-order chi connectivity index (χ0) is 15.6. The SMILES string of the molecule is CCC1C(=O)NC(CC)(CC)C(=O)N1CCC(F)(F)F. The van der Waals surface area contributed by atoms with Crippen molar-refractivity contribution < 1.29 is 22.8 Å². The van der Waals surface area contributed by atoms with Gasteiger partial charge < -0.3 is 10.2 Å². The minimum absolute atomic E-state index is 0.305. The van der Waals surface area contributed by atoms with Crippen molar-refractivity contribution in [1.29, 1.82) is 0 Å². The van der Waals surface area contributed by atoms with Crippen LogP contribution in [0, 0.1) is 0 Å². The summed E-state index contributed by atoms with van der Waals surface area (Å²) in [6.45, 7) is 4.71. The van der Waals surface area contributed by atoms with Gasteiger partial charge in [-0.1, -0.05) is 20.8 Å². The van der Waals surface area contributed by atoms with E-state index in [0.29, 0.717) is 19.3 Å². The summed E-state index contributed by atoms with van der Waals surface area (Å²) in [4.78, 5) is 25.6. The minimum atomic E-state index is -4.34. The van der Waals surface area contributed by atoms with E-state index in [9.17, 15) is 22.8 Å². The first-order chi connectivity index (χ1) is 9.20. The second-order valence-corrected chi connectivity index (χ2v) is 5.07. The Morgan fingerprint density at radius 3 is 2.15 bits per heavy atom. The van der Waals surface area contributed by atoms with Gasteiger partial charge in [0.15, 0.2) is 0 Å². The third-order valence-corrected chi connectivity index (χ3v) is 3.94. The van der Waals surface area contributed by atoms with E-state index >= 15 is 0 Å². The normalized spacial score (nSPS) is 22.9. The van der Waals surface area contributed by atoms with Crippen molar-refractivity contribution >= 4 is 11.8 Å². The first-order valence-corrected chi connectivity index (χ1v) is 6.90. The van der Waals surface area contributed by atoms with Crippen LogP contribution in [0.1, 0.15) is 46.5 Å². The molecule has 0 aromatic rings. The average molecular weight is 294 g/mol. The molecule has 7 heteroatoms. The Kier molecular flexibility index (Phi) is 5.05. The first kappa shape index (κ1) is 16.8. The molecule has 1 atom stereocenters. The molecule has 1 N–H and O–H groups in total. The van der Waals surface area contributed by atoms with Gasteiger partial charge in [0, 0.05) is 6.54 Å². The van der Waals surface area contributed by atoms with Gasteiger partial charge in [-0.05, 0) is 19.3 Å². The van der Waals surface area contributed by atoms with Gasteiger partial charge in [-0.15, -0.1) is 0 Å². The number of carbonyl (C=O) groups excluding carboxylic acids is 2. The van der Waals surface area contributed by atoms with E-state index in [1.54, 1.807) is 20.8 Å². The first-order valence-electron chi connectivity index (χ1n) is 6.90. The lowest BCUT2D eigenvalue weighted by molar-refractivity contribution is -0.163. The number of nitrogens with one attached hydrogen (secondary N) is 1. The summed E-state index contributed by atoms with van der Waals surface area (Å²) in [6, 6.07) is -0.809. The highest BCUT2D eigenvalue weighted by Crippen LogP contribution is 2.28. The lowest BCUT2D eigenvalue weighted by Gasteiger charge is -2.45. The Hall–Kier alpha value is -1.27. The monoisotopic (exact) mass is 294 g/mol. The van der Waals surface area contributed by atoms with Crippen molar-refractivity contribution in [2.75, 3.05) is 6.54 Å². The van der Waals surface area contributed by atoms with Crippen LogP contribution in [0.2, 0.25) is 0 Å². The predicted octanol–water partition coefficient (Wildman–Crippen LogP) is 2.23. The van der Waals surface area contributed by atoms with Gasteiger partial charge in [0.2, 0.25) is 11.8 Å². The molecule has 1 unspecified atom stereocenters. The quantitative estimate of drug-likeness (QED) is 0.845. The van der Waals surface area contributed by atoms with E-state index in [-0.39, 0.29) is 5.91 Å². The Bertz CT molecular complexity index is 378. The van der Waals surface area contributed by atoms with Gasteiger partial charge in [0.1, 0.15) is 11.6 Å². The number of hydrogen-bond acceptors (Lipinski definition) is 2. The van der Waals surface area contributed by atoms with E-state index < -0.39 is 36.6 Å². The number of nitrogens with zero attached hydrogens (tertiary/aromatic N) is 1. The molecule has 1 heterocycles. The fraction of sp³-hybridized carbons (Fsp3) is 0.846. The number of amides is 2. The Morgan fingerprint density at radius 2 is 1.75 bits per heavy atom. The fourth-order valence-electron chi connectivity index (χ4n) is 2.57. The lowest BCUT2D eigenvalue weighted by atomic mass is 9.86. The van der Waals surface area contributed by atoms with Crippen molar-refractivity contribution in [3.63, 3.8) is 0 Å². The molecule has 2 amide bonds. The maximum absolute atomic E-state index is 12.5. The molecule has 1 aliphatic rings. The highest BCUT2D eigenvalue weighted by atomic mass is 19.4. The third kappa shape index (κ3) is 3.24. The summed E-state index contributed by atoms with van der Waals surface area (Å²) in [5.41, 5.74) is -1.06. The summed E-state index contributed by atoms with van der Waals surface area (Å²) in [6.07, 6.45) is -4.39. The van der Waals surface area contributed by atoms with Gasteiger partial charge in [-0.3, -0.25) is 9.59 Å². The summed E-state index contributed by atoms with van der Waals surface area (Å²) in [7, 11) is 0. The smallest absolute Gasteiger partial charge is 0.340 e. The van der Waals surface area contributed by atoms with Crippen molar-refractivity contribution in [3.8, 4) is 0 Å². The number of carbonyl (C=O) groups is 2. The molecule has 0 aromatic heterocycles. The molecule has 0 bridgehead atoms. The van der Waals surface area contributed by atoms with Crippen molar-refractivity contribution in [1.82, 2.24) is 10.2 Å². The Morgan fingerprint density at radius 1 is 1.20 bits per heavy atom. The molecule has 4 nitrogen and oxygen atoms in total. The van der Waals surface area contributed by atoms with Crippen LogP contribution >= 0.6 is 0 Å². The standard InChI is InChI=1S/C13H21F3N2O2/c1-4-9-10(19)17-12(5-2,6-3)11(20)18(9)8-7-13(14,15)16/h9H,4-8H2,1-3H3,(H,17,19). The van der Waals surface area contributed by atoms with Crippen LogP contribution in [-0.4, -0.2) is 41.0 Å². The average Bonchev–Trinajstić information content (AvgIpc) is 2.38. The minimum Gasteiger partial charge on any atom is -0.340 e. The number of piperazine rings is 1. The molecule has 1 fully saturated rings. The molecular formula is C13H21F3N2O2. The van der Waals surface area contributed by atoms with Gasteiger partial charge in [-0.25, -0.2) is 0 Å². The lowest BCUT2D eigenvalue weighted by Crippen LogP contribution is -2.70. The topological polar surface area (TPSA) is 49.4 Å². The van der Waals surface area contributed by atoms with Crippen LogP contribution in [0.5, 0.6) is 0 Å². The van der Waals surface area contributed by atoms with E-state index in [0.717, 1.165) is 4.90 Å². The predicted molar refractivity (Wildman–Crippen MR) is 67.9 cm³/mol. The van der Waals surface area contributed by atoms with Gasteiger partial charge in [0.05, 0.1) is 6.42 Å². The van der Waals surface area contributed by atoms with Gasteiger partial charge >= 0.3 is 6.18 Å². The van der Waals surface area contributed by atoms with Crippen molar-refractivity contribution in [3.05, 3.63) is 0 Å². The maximum Gasteiger partial charge on any atom is 0.390 e. The highest BCUT2D eigenvalue weighted by molar-refractivity contribution is 5.99. The van der Waals surface area contributed by atoms with Crippen LogP contribution in [0.4, 0.5) is 13.2 Å². The van der Waals surface area contributed by atoms with E-state index in [1.165, 1.54) is 0 Å². The number of rotatable bonds is 5. The maximum atomic E-state index is 12.5. The van der Waals surface area contributed by atoms with Gasteiger partial charge in [0.25, 0.3) is 0 Å². The molecule has 0 aliphatic carbocycles. The Balaban J connectivity index is 3.00. The van der Waals surface area contributed by atoms with E-state index in [4.69, 9.17) is 0 Å². The fourth-order valence-corrected chi connectivity index (χ4v) is 2.57. The zero-order valence-corrected chi connectivity index (χ0v) is 12.0. The van der Waals surface area contributed by atoms with Crippen LogP contribution < -0.4 is 5.32 Å². The number of hydrogen-bond donors (Lipinski definition) is 1. The number of alkyl halides is 3. The van der Waals surface area contributed by atoms with E-state index in [1.807, 2.05) is 0 Å². The van der Waals surface area contributed by atoms with Crippen LogP contribution in [-0.2, 0) is 9.59 Å². The summed E-state index contributed by atoms with van der Waals surface area (Å²) < 4.78 is 37.2. The van der Waals surface area contributed by atoms with E-state index in [2.05, 4.69) is 5.32 Å². The van der Waals surface area contributed by atoms with Crippen molar-refractivity contribution in [2.24, 2.45) is 0 Å². The van der Waals surface area contributed by atoms with Gasteiger partial charge in [-0.2, -0.15) is 13.2 Å². The molecule has 116 valence electrons. The summed E-state index contributed by atoms with van der Waals surface area (Å²) in [5.74, 6) is -0.767. The summed E-state index contributed by atoms with van der Waals surface area (Å²) >= 11 is 0. The molecule has 20 heavy (non-hydrogen) atoms. The molecular weight excluding hydrogens is 273 g/mol. The highest BCUT2D eigenvalue weighted by Gasteiger charge is 2.48. The van der Waals surface area contributed by atoms with Crippen LogP contribution in [0.25, 0.3) is 0 Å². The van der Waals surface area contributed by atoms with Crippen molar-refractivity contribution in [2.45, 2.75) is 64.2 Å². The van der Waals surface area contributed by atoms with Crippen LogP contribution in [0.15, 0.2) is 0 Å².